The highest BCUT2D eigenvalue weighted by molar-refractivity contribution is 6.24. The fraction of sp³-hybridized carbons (Fsp3) is 0. The molecule has 226 valence electrons. The number of hydrogen-bond donors (Lipinski definition) is 0. The molecule has 0 fully saturated rings. The van der Waals surface area contributed by atoms with Crippen LogP contribution in [-0.2, 0) is 0 Å². The molecule has 9 rings (SSSR count). The lowest BCUT2D eigenvalue weighted by Gasteiger charge is -2.29. The summed E-state index contributed by atoms with van der Waals surface area (Å²) in [5.41, 5.74) is 8.32. The molecular weight excluding hydrogens is 592 g/mol. The van der Waals surface area contributed by atoms with Crippen molar-refractivity contribution in [1.29, 1.82) is 0 Å². The third-order valence-electron chi connectivity index (χ3n) is 8.53. The van der Waals surface area contributed by atoms with Gasteiger partial charge in [0, 0.05) is 35.6 Å². The van der Waals surface area contributed by atoms with E-state index < -0.39 is 0 Å². The van der Waals surface area contributed by atoms with E-state index in [1.807, 2.05) is 73.3 Å². The Morgan fingerprint density at radius 2 is 0.646 bits per heavy atom. The number of benzene rings is 4. The molecule has 5 heterocycles. The minimum atomic E-state index is 0.728. The Labute approximate surface area is 275 Å². The summed E-state index contributed by atoms with van der Waals surface area (Å²) in [6.45, 7) is 0. The predicted molar refractivity (Wildman–Crippen MR) is 193 cm³/mol. The van der Waals surface area contributed by atoms with E-state index in [0.29, 0.717) is 0 Å². The van der Waals surface area contributed by atoms with Gasteiger partial charge in [0.15, 0.2) is 0 Å². The molecule has 8 nitrogen and oxygen atoms in total. The zero-order valence-corrected chi connectivity index (χ0v) is 25.6. The van der Waals surface area contributed by atoms with Gasteiger partial charge in [-0.05, 0) is 71.4 Å². The molecule has 0 saturated heterocycles. The van der Waals surface area contributed by atoms with Crippen LogP contribution in [0.4, 0.5) is 34.1 Å². The van der Waals surface area contributed by atoms with Crippen LogP contribution < -0.4 is 9.80 Å². The fourth-order valence-electron chi connectivity index (χ4n) is 6.49. The summed E-state index contributed by atoms with van der Waals surface area (Å²) in [6, 6.07) is 36.9. The summed E-state index contributed by atoms with van der Waals surface area (Å²) in [4.78, 5) is 33.2. The summed E-state index contributed by atoms with van der Waals surface area (Å²) in [5, 5.41) is 4.36. The summed E-state index contributed by atoms with van der Waals surface area (Å²) >= 11 is 0. The third kappa shape index (κ3) is 4.54. The lowest BCUT2D eigenvalue weighted by Crippen LogP contribution is -2.15. The van der Waals surface area contributed by atoms with Gasteiger partial charge in [-0.15, -0.1) is 0 Å². The van der Waals surface area contributed by atoms with Gasteiger partial charge in [0.1, 0.15) is 11.0 Å². The molecule has 0 N–H and O–H groups in total. The molecule has 0 saturated carbocycles. The molecule has 0 amide bonds. The van der Waals surface area contributed by atoms with Crippen LogP contribution in [0.2, 0.25) is 0 Å². The van der Waals surface area contributed by atoms with Gasteiger partial charge in [-0.25, -0.2) is 9.97 Å². The quantitative estimate of drug-likeness (QED) is 0.135. The van der Waals surface area contributed by atoms with Crippen LogP contribution in [-0.4, -0.2) is 29.9 Å². The van der Waals surface area contributed by atoms with Crippen LogP contribution in [0.3, 0.4) is 0 Å². The van der Waals surface area contributed by atoms with Crippen molar-refractivity contribution in [3.05, 3.63) is 159 Å². The van der Waals surface area contributed by atoms with Gasteiger partial charge < -0.3 is 9.80 Å². The summed E-state index contributed by atoms with van der Waals surface area (Å²) in [7, 11) is 0. The molecule has 0 aliphatic carbocycles. The van der Waals surface area contributed by atoms with Crippen LogP contribution in [0.25, 0.3) is 43.6 Å². The Morgan fingerprint density at radius 3 is 0.958 bits per heavy atom. The SMILES string of the molecule is c1cncc(N(c2cccnc2)c2ccc(N(c3cccnc3)c3cccnc3)c3nc4c5ccccc5c5ccccc5c4nc23)c1. The average molecular weight is 619 g/mol. The minimum absolute atomic E-state index is 0.728. The van der Waals surface area contributed by atoms with Crippen LogP contribution in [0, 0.1) is 0 Å². The molecule has 0 atom stereocenters. The van der Waals surface area contributed by atoms with Crippen molar-refractivity contribution >= 4 is 77.7 Å². The average Bonchev–Trinajstić information content (AvgIpc) is 3.17. The zero-order chi connectivity index (χ0) is 31.9. The summed E-state index contributed by atoms with van der Waals surface area (Å²) < 4.78 is 0. The zero-order valence-electron chi connectivity index (χ0n) is 25.6. The fourth-order valence-corrected chi connectivity index (χ4v) is 6.49. The van der Waals surface area contributed by atoms with E-state index in [-0.39, 0.29) is 0 Å². The van der Waals surface area contributed by atoms with Gasteiger partial charge in [0.25, 0.3) is 0 Å². The van der Waals surface area contributed by atoms with E-state index >= 15 is 0 Å². The topological polar surface area (TPSA) is 83.8 Å². The third-order valence-corrected chi connectivity index (χ3v) is 8.53. The largest absolute Gasteiger partial charge is 0.305 e. The standard InChI is InChI=1S/C40H26N8/c1-3-15-33-31(13-1)32-14-2-4-16-34(32)38-37(33)45-39-35(47(27-9-5-19-41-23-27)28-10-6-20-42-24-28)17-18-36(40(39)46-38)48(29-11-7-21-43-25-29)30-12-8-22-44-26-30/h1-26H. The van der Waals surface area contributed by atoms with Crippen molar-refractivity contribution in [2.24, 2.45) is 0 Å². The molecule has 0 bridgehead atoms. The number of rotatable bonds is 6. The number of pyridine rings is 4. The van der Waals surface area contributed by atoms with Gasteiger partial charge in [-0.1, -0.05) is 48.5 Å². The Kier molecular flexibility index (Phi) is 6.61. The van der Waals surface area contributed by atoms with Crippen molar-refractivity contribution in [1.82, 2.24) is 29.9 Å². The van der Waals surface area contributed by atoms with Crippen molar-refractivity contribution in [2.45, 2.75) is 0 Å². The Morgan fingerprint density at radius 1 is 0.312 bits per heavy atom. The van der Waals surface area contributed by atoms with E-state index in [0.717, 1.165) is 77.7 Å². The molecule has 9 aromatic rings. The Bertz CT molecular complexity index is 2300. The second-order valence-electron chi connectivity index (χ2n) is 11.3. The maximum atomic E-state index is 5.56. The molecule has 0 radical (unpaired) electrons. The number of nitrogens with zero attached hydrogens (tertiary/aromatic N) is 8. The molecule has 48 heavy (non-hydrogen) atoms. The van der Waals surface area contributed by atoms with Crippen molar-refractivity contribution < 1.29 is 0 Å². The second kappa shape index (κ2) is 11.5. The first kappa shape index (κ1) is 27.5. The number of hydrogen-bond acceptors (Lipinski definition) is 8. The molecule has 0 spiro atoms. The van der Waals surface area contributed by atoms with Crippen LogP contribution in [0.1, 0.15) is 0 Å². The van der Waals surface area contributed by atoms with E-state index in [1.165, 1.54) is 0 Å². The first-order chi connectivity index (χ1) is 23.8. The van der Waals surface area contributed by atoms with E-state index in [9.17, 15) is 0 Å². The van der Waals surface area contributed by atoms with Crippen molar-refractivity contribution in [3.63, 3.8) is 0 Å². The number of anilines is 6. The van der Waals surface area contributed by atoms with Gasteiger partial charge >= 0.3 is 0 Å². The first-order valence-corrected chi connectivity index (χ1v) is 15.6. The Hall–Kier alpha value is -6.80. The molecule has 0 aliphatic heterocycles. The molecule has 0 unspecified atom stereocenters. The Balaban J connectivity index is 1.45. The van der Waals surface area contributed by atoms with Gasteiger partial charge in [0.2, 0.25) is 0 Å². The maximum Gasteiger partial charge on any atom is 0.116 e. The lowest BCUT2D eigenvalue weighted by atomic mass is 9.99. The highest BCUT2D eigenvalue weighted by atomic mass is 15.2. The van der Waals surface area contributed by atoms with Gasteiger partial charge in [-0.2, -0.15) is 0 Å². The lowest BCUT2D eigenvalue weighted by molar-refractivity contribution is 1.19. The number of aromatic nitrogens is 6. The highest BCUT2D eigenvalue weighted by Gasteiger charge is 2.24. The van der Waals surface area contributed by atoms with Crippen molar-refractivity contribution in [3.8, 4) is 0 Å². The smallest absolute Gasteiger partial charge is 0.116 e. The molecule has 4 aromatic carbocycles. The second-order valence-corrected chi connectivity index (χ2v) is 11.3. The highest BCUT2D eigenvalue weighted by Crippen LogP contribution is 2.45. The molecule has 8 heteroatoms. The predicted octanol–water partition coefficient (Wildman–Crippen LogP) is 9.61. The first-order valence-electron chi connectivity index (χ1n) is 15.6. The van der Waals surface area contributed by atoms with Gasteiger partial charge in [-0.3, -0.25) is 19.9 Å². The maximum absolute atomic E-state index is 5.56. The summed E-state index contributed by atoms with van der Waals surface area (Å²) in [5.74, 6) is 0. The van der Waals surface area contributed by atoms with E-state index in [2.05, 4.69) is 90.4 Å². The van der Waals surface area contributed by atoms with Crippen LogP contribution >= 0.6 is 0 Å². The normalized spacial score (nSPS) is 11.3. The monoisotopic (exact) mass is 618 g/mol. The molecule has 0 aliphatic rings. The molecular formula is C40H26N8. The number of fused-ring (bicyclic) bond motifs is 7. The van der Waals surface area contributed by atoms with Crippen molar-refractivity contribution in [2.75, 3.05) is 9.80 Å². The molecule has 5 aromatic heterocycles. The minimum Gasteiger partial charge on any atom is -0.305 e. The van der Waals surface area contributed by atoms with Gasteiger partial charge in [0.05, 0.1) is 69.9 Å². The van der Waals surface area contributed by atoms with Crippen LogP contribution in [0.15, 0.2) is 159 Å². The van der Waals surface area contributed by atoms with E-state index in [1.54, 1.807) is 24.8 Å². The van der Waals surface area contributed by atoms with Crippen LogP contribution in [0.5, 0.6) is 0 Å². The summed E-state index contributed by atoms with van der Waals surface area (Å²) in [6.07, 6.45) is 14.5. The van der Waals surface area contributed by atoms with E-state index in [4.69, 9.17) is 9.97 Å².